The molecule has 1 aromatic carbocycles. The quantitative estimate of drug-likeness (QED) is 0.881. The summed E-state index contributed by atoms with van der Waals surface area (Å²) in [4.78, 5) is 12.0. The molecule has 1 aromatic rings. The molecule has 4 nitrogen and oxygen atoms in total. The van der Waals surface area contributed by atoms with Gasteiger partial charge in [-0.3, -0.25) is 4.79 Å². The third-order valence-electron chi connectivity index (χ3n) is 3.96. The number of ether oxygens (including phenoxy) is 1. The maximum absolute atomic E-state index is 13.6. The maximum Gasteiger partial charge on any atom is 0.254 e. The SMILES string of the molecule is COC1CC(NC(=O)c2ccc(O)cc2F)C1(C)C. The number of rotatable bonds is 3. The van der Waals surface area contributed by atoms with Crippen LogP contribution in [0.5, 0.6) is 5.75 Å². The van der Waals surface area contributed by atoms with E-state index in [2.05, 4.69) is 5.32 Å². The summed E-state index contributed by atoms with van der Waals surface area (Å²) in [5, 5.41) is 11.9. The van der Waals surface area contributed by atoms with Gasteiger partial charge in [0.2, 0.25) is 0 Å². The fourth-order valence-corrected chi connectivity index (χ4v) is 2.45. The van der Waals surface area contributed by atoms with Crippen LogP contribution >= 0.6 is 0 Å². The summed E-state index contributed by atoms with van der Waals surface area (Å²) in [6.45, 7) is 4.01. The van der Waals surface area contributed by atoms with Crippen LogP contribution < -0.4 is 5.32 Å². The van der Waals surface area contributed by atoms with Gasteiger partial charge < -0.3 is 15.2 Å². The minimum atomic E-state index is -0.724. The molecule has 2 unspecified atom stereocenters. The van der Waals surface area contributed by atoms with Crippen molar-refractivity contribution in [1.29, 1.82) is 0 Å². The largest absolute Gasteiger partial charge is 0.508 e. The van der Waals surface area contributed by atoms with Crippen molar-refractivity contribution in [2.24, 2.45) is 5.41 Å². The fraction of sp³-hybridized carbons (Fsp3) is 0.500. The summed E-state index contributed by atoms with van der Waals surface area (Å²) < 4.78 is 18.9. The van der Waals surface area contributed by atoms with Gasteiger partial charge in [0, 0.05) is 24.6 Å². The molecule has 2 atom stereocenters. The van der Waals surface area contributed by atoms with E-state index in [4.69, 9.17) is 9.84 Å². The number of nitrogens with one attached hydrogen (secondary N) is 1. The predicted molar refractivity (Wildman–Crippen MR) is 68.5 cm³/mol. The van der Waals surface area contributed by atoms with Crippen LogP contribution in [0.25, 0.3) is 0 Å². The third-order valence-corrected chi connectivity index (χ3v) is 3.96. The van der Waals surface area contributed by atoms with E-state index >= 15 is 0 Å². The average Bonchev–Trinajstić information content (AvgIpc) is 2.33. The molecule has 0 saturated heterocycles. The van der Waals surface area contributed by atoms with Crippen LogP contribution in [-0.4, -0.2) is 30.3 Å². The normalized spacial score (nSPS) is 24.6. The Balaban J connectivity index is 2.07. The zero-order valence-electron chi connectivity index (χ0n) is 11.2. The molecule has 0 radical (unpaired) electrons. The third kappa shape index (κ3) is 2.42. The highest BCUT2D eigenvalue weighted by Crippen LogP contribution is 2.42. The predicted octanol–water partition coefficient (Wildman–Crippen LogP) is 2.07. The monoisotopic (exact) mass is 267 g/mol. The molecule has 1 saturated carbocycles. The first-order valence-corrected chi connectivity index (χ1v) is 6.18. The van der Waals surface area contributed by atoms with Crippen LogP contribution in [0.3, 0.4) is 0 Å². The second-order valence-electron chi connectivity index (χ2n) is 5.47. The van der Waals surface area contributed by atoms with Gasteiger partial charge >= 0.3 is 0 Å². The summed E-state index contributed by atoms with van der Waals surface area (Å²) in [5.74, 6) is -1.39. The molecule has 1 amide bonds. The van der Waals surface area contributed by atoms with E-state index in [1.165, 1.54) is 12.1 Å². The van der Waals surface area contributed by atoms with Crippen molar-refractivity contribution < 1.29 is 19.0 Å². The summed E-state index contributed by atoms with van der Waals surface area (Å²) >= 11 is 0. The number of halogens is 1. The van der Waals surface area contributed by atoms with Gasteiger partial charge in [-0.2, -0.15) is 0 Å². The molecule has 104 valence electrons. The zero-order valence-corrected chi connectivity index (χ0v) is 11.2. The Labute approximate surface area is 111 Å². The van der Waals surface area contributed by atoms with Crippen LogP contribution in [0, 0.1) is 11.2 Å². The lowest BCUT2D eigenvalue weighted by Gasteiger charge is -2.51. The van der Waals surface area contributed by atoms with Gasteiger partial charge in [-0.25, -0.2) is 4.39 Å². The van der Waals surface area contributed by atoms with Crippen molar-refractivity contribution in [1.82, 2.24) is 5.32 Å². The van der Waals surface area contributed by atoms with Crippen molar-refractivity contribution in [2.45, 2.75) is 32.4 Å². The van der Waals surface area contributed by atoms with Gasteiger partial charge in [0.05, 0.1) is 11.7 Å². The summed E-state index contributed by atoms with van der Waals surface area (Å²) in [5.41, 5.74) is -0.230. The Kier molecular flexibility index (Phi) is 3.49. The second-order valence-corrected chi connectivity index (χ2v) is 5.47. The summed E-state index contributed by atoms with van der Waals surface area (Å²) in [7, 11) is 1.64. The van der Waals surface area contributed by atoms with E-state index in [-0.39, 0.29) is 28.9 Å². The molecule has 0 bridgehead atoms. The average molecular weight is 267 g/mol. The molecule has 0 aromatic heterocycles. The van der Waals surface area contributed by atoms with Gasteiger partial charge in [0.25, 0.3) is 5.91 Å². The van der Waals surface area contributed by atoms with Crippen LogP contribution in [0.2, 0.25) is 0 Å². The number of phenolic OH excluding ortho intramolecular Hbond substituents is 1. The van der Waals surface area contributed by atoms with E-state index in [0.717, 1.165) is 12.5 Å². The fourth-order valence-electron chi connectivity index (χ4n) is 2.45. The van der Waals surface area contributed by atoms with Gasteiger partial charge in [-0.05, 0) is 18.6 Å². The van der Waals surface area contributed by atoms with Gasteiger partial charge in [0.15, 0.2) is 0 Å². The molecule has 0 spiro atoms. The smallest absolute Gasteiger partial charge is 0.254 e. The first-order chi connectivity index (χ1) is 8.86. The highest BCUT2D eigenvalue weighted by atomic mass is 19.1. The first-order valence-electron chi connectivity index (χ1n) is 6.18. The van der Waals surface area contributed by atoms with E-state index in [1.54, 1.807) is 7.11 Å². The lowest BCUT2D eigenvalue weighted by Crippen LogP contribution is -2.61. The molecule has 1 fully saturated rings. The molecule has 2 rings (SSSR count). The number of hydrogen-bond donors (Lipinski definition) is 2. The standard InChI is InChI=1S/C14H18FNO3/c1-14(2)11(7-12(14)19-3)16-13(18)9-5-4-8(17)6-10(9)15/h4-6,11-12,17H,7H2,1-3H3,(H,16,18). The number of carbonyl (C=O) groups excluding carboxylic acids is 1. The zero-order chi connectivity index (χ0) is 14.2. The number of carbonyl (C=O) groups is 1. The van der Waals surface area contributed by atoms with E-state index in [9.17, 15) is 9.18 Å². The van der Waals surface area contributed by atoms with Gasteiger partial charge in [-0.15, -0.1) is 0 Å². The molecular formula is C14H18FNO3. The van der Waals surface area contributed by atoms with Crippen molar-refractivity contribution in [3.63, 3.8) is 0 Å². The topological polar surface area (TPSA) is 58.6 Å². The number of aromatic hydroxyl groups is 1. The summed E-state index contributed by atoms with van der Waals surface area (Å²) in [6, 6.07) is 3.46. The summed E-state index contributed by atoms with van der Waals surface area (Å²) in [6.07, 6.45) is 0.817. The Hall–Kier alpha value is -1.62. The number of benzene rings is 1. The minimum absolute atomic E-state index is 0.0434. The Morgan fingerprint density at radius 1 is 1.53 bits per heavy atom. The Bertz CT molecular complexity index is 501. The molecular weight excluding hydrogens is 249 g/mol. The van der Waals surface area contributed by atoms with E-state index < -0.39 is 11.7 Å². The Morgan fingerprint density at radius 2 is 2.21 bits per heavy atom. The lowest BCUT2D eigenvalue weighted by atomic mass is 9.64. The van der Waals surface area contributed by atoms with Crippen LogP contribution in [-0.2, 0) is 4.74 Å². The second kappa shape index (κ2) is 4.81. The van der Waals surface area contributed by atoms with Crippen LogP contribution in [0.15, 0.2) is 18.2 Å². The van der Waals surface area contributed by atoms with Crippen molar-refractivity contribution in [3.05, 3.63) is 29.6 Å². The minimum Gasteiger partial charge on any atom is -0.508 e. The van der Waals surface area contributed by atoms with Gasteiger partial charge in [-0.1, -0.05) is 13.8 Å². The maximum atomic E-state index is 13.6. The van der Waals surface area contributed by atoms with Gasteiger partial charge in [0.1, 0.15) is 11.6 Å². The molecule has 1 aliphatic carbocycles. The Morgan fingerprint density at radius 3 is 2.74 bits per heavy atom. The van der Waals surface area contributed by atoms with Crippen molar-refractivity contribution in [2.75, 3.05) is 7.11 Å². The first kappa shape index (κ1) is 13.8. The van der Waals surface area contributed by atoms with Crippen LogP contribution in [0.4, 0.5) is 4.39 Å². The molecule has 5 heteroatoms. The molecule has 0 heterocycles. The van der Waals surface area contributed by atoms with Crippen molar-refractivity contribution in [3.8, 4) is 5.75 Å². The number of phenols is 1. The van der Waals surface area contributed by atoms with Crippen LogP contribution in [0.1, 0.15) is 30.6 Å². The molecule has 19 heavy (non-hydrogen) atoms. The highest BCUT2D eigenvalue weighted by Gasteiger charge is 2.49. The molecule has 2 N–H and O–H groups in total. The number of methoxy groups -OCH3 is 1. The van der Waals surface area contributed by atoms with E-state index in [0.29, 0.717) is 0 Å². The number of hydrogen-bond acceptors (Lipinski definition) is 3. The van der Waals surface area contributed by atoms with E-state index in [1.807, 2.05) is 13.8 Å². The molecule has 0 aliphatic heterocycles. The molecule has 1 aliphatic rings. The highest BCUT2D eigenvalue weighted by molar-refractivity contribution is 5.94. The number of amides is 1. The lowest BCUT2D eigenvalue weighted by molar-refractivity contribution is -0.0942. The van der Waals surface area contributed by atoms with Crippen molar-refractivity contribution >= 4 is 5.91 Å².